The number of amides is 2. The third kappa shape index (κ3) is 3.09. The molecule has 4 rings (SSSR count). The molecule has 2 amide bonds. The van der Waals surface area contributed by atoms with Gasteiger partial charge in [-0.1, -0.05) is 12.1 Å². The van der Waals surface area contributed by atoms with Gasteiger partial charge in [0, 0.05) is 32.6 Å². The van der Waals surface area contributed by atoms with Gasteiger partial charge >= 0.3 is 0 Å². The van der Waals surface area contributed by atoms with Crippen LogP contribution in [0.4, 0.5) is 4.39 Å². The molecule has 5 nitrogen and oxygen atoms in total. The molecule has 0 aromatic heterocycles. The molecule has 5 unspecified atom stereocenters. The summed E-state index contributed by atoms with van der Waals surface area (Å²) in [4.78, 5) is 29.0. The van der Waals surface area contributed by atoms with Crippen molar-refractivity contribution in [2.45, 2.75) is 31.3 Å². The van der Waals surface area contributed by atoms with Crippen LogP contribution in [0.25, 0.3) is 0 Å². The van der Waals surface area contributed by atoms with Crippen LogP contribution in [0.15, 0.2) is 24.3 Å². The van der Waals surface area contributed by atoms with Crippen molar-refractivity contribution in [3.05, 3.63) is 35.6 Å². The van der Waals surface area contributed by atoms with Gasteiger partial charge in [0.25, 0.3) is 0 Å². The van der Waals surface area contributed by atoms with Gasteiger partial charge in [0.15, 0.2) is 0 Å². The SMILES string of the molecule is CN1C(=O)CC(C(=O)N2CC3CCC(N)C3C2)C1c1ccc(F)cc1.Cl. The van der Waals surface area contributed by atoms with Gasteiger partial charge in [-0.15, -0.1) is 12.4 Å². The number of carbonyl (C=O) groups is 2. The summed E-state index contributed by atoms with van der Waals surface area (Å²) < 4.78 is 13.2. The van der Waals surface area contributed by atoms with E-state index in [0.717, 1.165) is 24.9 Å². The molecule has 2 heterocycles. The number of nitrogens with two attached hydrogens (primary N) is 1. The summed E-state index contributed by atoms with van der Waals surface area (Å²) in [5, 5.41) is 0. The van der Waals surface area contributed by atoms with Gasteiger partial charge in [-0.2, -0.15) is 0 Å². The van der Waals surface area contributed by atoms with Crippen molar-refractivity contribution in [2.75, 3.05) is 20.1 Å². The van der Waals surface area contributed by atoms with Crippen molar-refractivity contribution < 1.29 is 14.0 Å². The summed E-state index contributed by atoms with van der Waals surface area (Å²) in [7, 11) is 1.72. The quantitative estimate of drug-likeness (QED) is 0.851. The van der Waals surface area contributed by atoms with Crippen molar-refractivity contribution in [2.24, 2.45) is 23.5 Å². The Hall–Kier alpha value is -1.66. The number of hydrogen-bond donors (Lipinski definition) is 1. The number of carbonyl (C=O) groups excluding carboxylic acids is 2. The Bertz CT molecular complexity index is 699. The highest BCUT2D eigenvalue weighted by Crippen LogP contribution is 2.42. The van der Waals surface area contributed by atoms with Crippen LogP contribution in [0.3, 0.4) is 0 Å². The lowest BCUT2D eigenvalue weighted by Gasteiger charge is -2.28. The predicted octanol–water partition coefficient (Wildman–Crippen LogP) is 1.96. The topological polar surface area (TPSA) is 66.6 Å². The molecule has 1 aliphatic carbocycles. The van der Waals surface area contributed by atoms with Gasteiger partial charge in [0.05, 0.1) is 12.0 Å². The highest BCUT2D eigenvalue weighted by atomic mass is 35.5. The summed E-state index contributed by atoms with van der Waals surface area (Å²) in [6.45, 7) is 1.46. The third-order valence-corrected chi connectivity index (χ3v) is 6.34. The molecular weight excluding hydrogens is 357 g/mol. The first-order chi connectivity index (χ1) is 12.0. The maximum atomic E-state index is 13.2. The number of halogens is 2. The molecule has 1 aromatic rings. The minimum atomic E-state index is -0.405. The van der Waals surface area contributed by atoms with Crippen molar-refractivity contribution in [3.63, 3.8) is 0 Å². The Morgan fingerprint density at radius 2 is 1.88 bits per heavy atom. The molecule has 7 heteroatoms. The van der Waals surface area contributed by atoms with E-state index >= 15 is 0 Å². The maximum Gasteiger partial charge on any atom is 0.228 e. The fourth-order valence-electron chi connectivity index (χ4n) is 4.93. The van der Waals surface area contributed by atoms with Gasteiger partial charge in [0.2, 0.25) is 11.8 Å². The predicted molar refractivity (Wildman–Crippen MR) is 98.0 cm³/mol. The van der Waals surface area contributed by atoms with E-state index in [1.165, 1.54) is 12.1 Å². The molecular formula is C19H25ClFN3O2. The monoisotopic (exact) mass is 381 g/mol. The molecule has 0 bridgehead atoms. The molecule has 1 saturated carbocycles. The second-order valence-corrected chi connectivity index (χ2v) is 7.72. The average molecular weight is 382 g/mol. The molecule has 1 aromatic carbocycles. The first-order valence-electron chi connectivity index (χ1n) is 9.01. The van der Waals surface area contributed by atoms with Crippen LogP contribution in [-0.2, 0) is 9.59 Å². The summed E-state index contributed by atoms with van der Waals surface area (Å²) in [6.07, 6.45) is 2.34. The normalized spacial score (nSPS) is 33.3. The van der Waals surface area contributed by atoms with Crippen LogP contribution < -0.4 is 5.73 Å². The summed E-state index contributed by atoms with van der Waals surface area (Å²) in [5.74, 6) is 0.163. The first kappa shape index (κ1) is 19.1. The standard InChI is InChI=1S/C19H24FN3O2.ClH/c1-22-17(24)8-14(18(22)11-2-5-13(20)6-3-11)19(25)23-9-12-4-7-16(21)15(12)10-23;/h2-3,5-6,12,14-16,18H,4,7-10,21H2,1H3;1H. The van der Waals surface area contributed by atoms with Crippen LogP contribution in [0.2, 0.25) is 0 Å². The van der Waals surface area contributed by atoms with Crippen LogP contribution >= 0.6 is 12.4 Å². The number of rotatable bonds is 2. The Morgan fingerprint density at radius 3 is 2.54 bits per heavy atom. The minimum absolute atomic E-state index is 0. The number of nitrogens with zero attached hydrogens (tertiary/aromatic N) is 2. The Morgan fingerprint density at radius 1 is 1.19 bits per heavy atom. The zero-order chi connectivity index (χ0) is 17.7. The fraction of sp³-hybridized carbons (Fsp3) is 0.579. The number of fused-ring (bicyclic) bond motifs is 1. The second-order valence-electron chi connectivity index (χ2n) is 7.72. The Kier molecular flexibility index (Phi) is 5.26. The molecule has 0 spiro atoms. The van der Waals surface area contributed by atoms with E-state index < -0.39 is 5.92 Å². The molecule has 2 N–H and O–H groups in total. The average Bonchev–Trinajstić information content (AvgIpc) is 3.25. The van der Waals surface area contributed by atoms with Crippen LogP contribution in [-0.4, -0.2) is 47.8 Å². The largest absolute Gasteiger partial charge is 0.342 e. The molecule has 2 aliphatic heterocycles. The van der Waals surface area contributed by atoms with Gasteiger partial charge in [0.1, 0.15) is 5.82 Å². The lowest BCUT2D eigenvalue weighted by molar-refractivity contribution is -0.135. The van der Waals surface area contributed by atoms with Gasteiger partial charge in [-0.25, -0.2) is 4.39 Å². The fourth-order valence-corrected chi connectivity index (χ4v) is 4.93. The zero-order valence-corrected chi connectivity index (χ0v) is 15.6. The van der Waals surface area contributed by atoms with E-state index in [1.807, 2.05) is 4.90 Å². The molecule has 0 radical (unpaired) electrons. The van der Waals surface area contributed by atoms with Crippen molar-refractivity contribution in [1.29, 1.82) is 0 Å². The smallest absolute Gasteiger partial charge is 0.228 e. The van der Waals surface area contributed by atoms with E-state index in [4.69, 9.17) is 5.73 Å². The highest BCUT2D eigenvalue weighted by Gasteiger charge is 2.48. The molecule has 5 atom stereocenters. The summed E-state index contributed by atoms with van der Waals surface area (Å²) >= 11 is 0. The molecule has 142 valence electrons. The van der Waals surface area contributed by atoms with E-state index in [9.17, 15) is 14.0 Å². The van der Waals surface area contributed by atoms with Crippen LogP contribution in [0.1, 0.15) is 30.9 Å². The second kappa shape index (κ2) is 7.16. The van der Waals surface area contributed by atoms with E-state index in [0.29, 0.717) is 18.4 Å². The third-order valence-electron chi connectivity index (χ3n) is 6.34. The lowest BCUT2D eigenvalue weighted by atomic mass is 9.92. The number of hydrogen-bond acceptors (Lipinski definition) is 3. The molecule has 2 saturated heterocycles. The molecule has 3 aliphatic rings. The maximum absolute atomic E-state index is 13.2. The molecule has 26 heavy (non-hydrogen) atoms. The Labute approximate surface area is 159 Å². The van der Waals surface area contributed by atoms with Crippen molar-refractivity contribution in [3.8, 4) is 0 Å². The molecule has 3 fully saturated rings. The van der Waals surface area contributed by atoms with E-state index in [2.05, 4.69) is 0 Å². The van der Waals surface area contributed by atoms with Crippen LogP contribution in [0, 0.1) is 23.6 Å². The highest BCUT2D eigenvalue weighted by molar-refractivity contribution is 5.90. The Balaban J connectivity index is 0.00000196. The zero-order valence-electron chi connectivity index (χ0n) is 14.8. The number of benzene rings is 1. The summed E-state index contributed by atoms with van der Waals surface area (Å²) in [6, 6.07) is 5.96. The van der Waals surface area contributed by atoms with Gasteiger partial charge in [-0.05, 0) is 42.4 Å². The van der Waals surface area contributed by atoms with E-state index in [1.54, 1.807) is 24.1 Å². The lowest BCUT2D eigenvalue weighted by Crippen LogP contribution is -2.39. The minimum Gasteiger partial charge on any atom is -0.342 e. The van der Waals surface area contributed by atoms with Gasteiger partial charge in [-0.3, -0.25) is 9.59 Å². The van der Waals surface area contributed by atoms with Crippen molar-refractivity contribution >= 4 is 24.2 Å². The van der Waals surface area contributed by atoms with Crippen molar-refractivity contribution in [1.82, 2.24) is 9.80 Å². The van der Waals surface area contributed by atoms with Crippen LogP contribution in [0.5, 0.6) is 0 Å². The number of likely N-dealkylation sites (tertiary alicyclic amines) is 2. The summed E-state index contributed by atoms with van der Waals surface area (Å²) in [5.41, 5.74) is 6.99. The first-order valence-corrected chi connectivity index (χ1v) is 9.01. The van der Waals surface area contributed by atoms with Gasteiger partial charge < -0.3 is 15.5 Å². The van der Waals surface area contributed by atoms with E-state index in [-0.39, 0.29) is 48.5 Å².